The van der Waals surface area contributed by atoms with Crippen LogP contribution < -0.4 is 19.5 Å². The molecule has 142 valence electrons. The fraction of sp³-hybridized carbons (Fsp3) is 0.0909. The van der Waals surface area contributed by atoms with E-state index >= 15 is 0 Å². The van der Waals surface area contributed by atoms with E-state index in [1.807, 2.05) is 18.2 Å². The highest BCUT2D eigenvalue weighted by Crippen LogP contribution is 2.26. The van der Waals surface area contributed by atoms with Crippen LogP contribution >= 0.6 is 0 Å². The molecule has 0 unspecified atom stereocenters. The van der Waals surface area contributed by atoms with Crippen LogP contribution in [0.1, 0.15) is 5.56 Å². The van der Waals surface area contributed by atoms with Crippen molar-refractivity contribution in [2.45, 2.75) is 0 Å². The van der Waals surface area contributed by atoms with Crippen molar-refractivity contribution in [2.24, 2.45) is 0 Å². The number of hydrogen-bond donors (Lipinski definition) is 1. The summed E-state index contributed by atoms with van der Waals surface area (Å²) < 4.78 is 16.2. The van der Waals surface area contributed by atoms with Gasteiger partial charge in [0.05, 0.1) is 14.2 Å². The molecule has 3 rings (SSSR count). The van der Waals surface area contributed by atoms with E-state index in [1.165, 1.54) is 6.08 Å². The predicted octanol–water partition coefficient (Wildman–Crippen LogP) is 4.54. The Kier molecular flexibility index (Phi) is 6.25. The molecular formula is C22H20N2O4. The Balaban J connectivity index is 1.66. The first kappa shape index (κ1) is 19.0. The maximum absolute atomic E-state index is 12.3. The van der Waals surface area contributed by atoms with Crippen LogP contribution in [0.2, 0.25) is 0 Å². The van der Waals surface area contributed by atoms with Gasteiger partial charge in [-0.3, -0.25) is 9.78 Å². The molecule has 3 aromatic rings. The summed E-state index contributed by atoms with van der Waals surface area (Å²) in [5.41, 5.74) is 1.40. The third-order valence-corrected chi connectivity index (χ3v) is 3.84. The fourth-order valence-electron chi connectivity index (χ4n) is 2.49. The Labute approximate surface area is 163 Å². The van der Waals surface area contributed by atoms with Crippen LogP contribution in [0, 0.1) is 0 Å². The Bertz CT molecular complexity index is 971. The Hall–Kier alpha value is -3.80. The van der Waals surface area contributed by atoms with Crippen LogP contribution in [0.5, 0.6) is 23.0 Å². The van der Waals surface area contributed by atoms with Gasteiger partial charge in [-0.15, -0.1) is 0 Å². The third-order valence-electron chi connectivity index (χ3n) is 3.84. The van der Waals surface area contributed by atoms with Crippen LogP contribution in [-0.2, 0) is 4.79 Å². The summed E-state index contributed by atoms with van der Waals surface area (Å²) in [7, 11) is 3.16. The van der Waals surface area contributed by atoms with Crippen molar-refractivity contribution in [3.05, 3.63) is 78.6 Å². The molecule has 1 amide bonds. The van der Waals surface area contributed by atoms with Gasteiger partial charge < -0.3 is 19.5 Å². The van der Waals surface area contributed by atoms with E-state index in [0.717, 1.165) is 5.56 Å². The smallest absolute Gasteiger partial charge is 0.248 e. The second-order valence-electron chi connectivity index (χ2n) is 5.74. The molecule has 0 saturated carbocycles. The van der Waals surface area contributed by atoms with Crippen molar-refractivity contribution in [3.63, 3.8) is 0 Å². The minimum absolute atomic E-state index is 0.265. The molecular weight excluding hydrogens is 356 g/mol. The van der Waals surface area contributed by atoms with E-state index in [-0.39, 0.29) is 5.91 Å². The van der Waals surface area contributed by atoms with E-state index in [0.29, 0.717) is 28.7 Å². The second kappa shape index (κ2) is 9.23. The Morgan fingerprint density at radius 2 is 1.75 bits per heavy atom. The standard InChI is InChI=1S/C22H20N2O4/c1-26-19-8-6-16(21(15-19)27-2)7-9-22(25)24-17-4-3-5-20(14-17)28-18-10-12-23-13-11-18/h3-15H,1-2H3,(H,24,25). The van der Waals surface area contributed by atoms with Crippen molar-refractivity contribution < 1.29 is 19.0 Å². The van der Waals surface area contributed by atoms with Gasteiger partial charge in [0.2, 0.25) is 5.91 Å². The number of carbonyl (C=O) groups is 1. The number of nitrogens with one attached hydrogen (secondary N) is 1. The highest BCUT2D eigenvalue weighted by Gasteiger charge is 2.04. The molecule has 1 aromatic heterocycles. The van der Waals surface area contributed by atoms with Gasteiger partial charge in [-0.05, 0) is 42.5 Å². The lowest BCUT2D eigenvalue weighted by molar-refractivity contribution is -0.111. The monoisotopic (exact) mass is 376 g/mol. The minimum atomic E-state index is -0.265. The lowest BCUT2D eigenvalue weighted by atomic mass is 10.1. The van der Waals surface area contributed by atoms with Crippen LogP contribution in [0.4, 0.5) is 5.69 Å². The molecule has 0 fully saturated rings. The molecule has 6 nitrogen and oxygen atoms in total. The molecule has 0 aliphatic carbocycles. The normalized spacial score (nSPS) is 10.5. The summed E-state index contributed by atoms with van der Waals surface area (Å²) in [6, 6.07) is 16.1. The van der Waals surface area contributed by atoms with Crippen molar-refractivity contribution in [1.82, 2.24) is 4.98 Å². The van der Waals surface area contributed by atoms with Crippen LogP contribution in [0.25, 0.3) is 6.08 Å². The number of hydrogen-bond acceptors (Lipinski definition) is 5. The molecule has 0 saturated heterocycles. The molecule has 0 aliphatic heterocycles. The maximum Gasteiger partial charge on any atom is 0.248 e. The third kappa shape index (κ3) is 5.11. The van der Waals surface area contributed by atoms with Crippen LogP contribution in [0.15, 0.2) is 73.1 Å². The van der Waals surface area contributed by atoms with E-state index in [2.05, 4.69) is 10.3 Å². The number of aromatic nitrogens is 1. The number of anilines is 1. The first-order chi connectivity index (χ1) is 13.7. The molecule has 0 bridgehead atoms. The zero-order valence-electron chi connectivity index (χ0n) is 15.6. The van der Waals surface area contributed by atoms with Gasteiger partial charge in [0.1, 0.15) is 23.0 Å². The highest BCUT2D eigenvalue weighted by molar-refractivity contribution is 6.02. The second-order valence-corrected chi connectivity index (χ2v) is 5.74. The van der Waals surface area contributed by atoms with Gasteiger partial charge in [-0.2, -0.15) is 0 Å². The number of amides is 1. The fourth-order valence-corrected chi connectivity index (χ4v) is 2.49. The van der Waals surface area contributed by atoms with Gasteiger partial charge in [-0.1, -0.05) is 6.07 Å². The van der Waals surface area contributed by atoms with Crippen LogP contribution in [-0.4, -0.2) is 25.1 Å². The lowest BCUT2D eigenvalue weighted by Gasteiger charge is -2.08. The number of carbonyl (C=O) groups excluding carboxylic acids is 1. The predicted molar refractivity (Wildman–Crippen MR) is 108 cm³/mol. The van der Waals surface area contributed by atoms with Crippen molar-refractivity contribution in [2.75, 3.05) is 19.5 Å². The molecule has 2 aromatic carbocycles. The van der Waals surface area contributed by atoms with Gasteiger partial charge in [-0.25, -0.2) is 0 Å². The average Bonchev–Trinajstić information content (AvgIpc) is 2.73. The molecule has 0 spiro atoms. The summed E-state index contributed by atoms with van der Waals surface area (Å²) in [5.74, 6) is 2.33. The number of methoxy groups -OCH3 is 2. The number of benzene rings is 2. The van der Waals surface area contributed by atoms with E-state index in [9.17, 15) is 4.79 Å². The summed E-state index contributed by atoms with van der Waals surface area (Å²) in [6.45, 7) is 0. The van der Waals surface area contributed by atoms with Gasteiger partial charge in [0.15, 0.2) is 0 Å². The molecule has 1 heterocycles. The number of pyridine rings is 1. The topological polar surface area (TPSA) is 69.7 Å². The van der Waals surface area contributed by atoms with Gasteiger partial charge in [0, 0.05) is 41.9 Å². The summed E-state index contributed by atoms with van der Waals surface area (Å²) in [5, 5.41) is 2.81. The van der Waals surface area contributed by atoms with Gasteiger partial charge >= 0.3 is 0 Å². The Morgan fingerprint density at radius 1 is 0.929 bits per heavy atom. The highest BCUT2D eigenvalue weighted by atomic mass is 16.5. The van der Waals surface area contributed by atoms with Crippen molar-refractivity contribution >= 4 is 17.7 Å². The summed E-state index contributed by atoms with van der Waals surface area (Å²) >= 11 is 0. The zero-order chi connectivity index (χ0) is 19.8. The molecule has 0 atom stereocenters. The summed E-state index contributed by atoms with van der Waals surface area (Å²) in [6.07, 6.45) is 6.43. The number of nitrogens with zero attached hydrogens (tertiary/aromatic N) is 1. The van der Waals surface area contributed by atoms with E-state index < -0.39 is 0 Å². The SMILES string of the molecule is COc1ccc(C=CC(=O)Nc2cccc(Oc3ccncc3)c2)c(OC)c1. The van der Waals surface area contributed by atoms with Crippen molar-refractivity contribution in [1.29, 1.82) is 0 Å². The van der Waals surface area contributed by atoms with E-state index in [4.69, 9.17) is 14.2 Å². The van der Waals surface area contributed by atoms with E-state index in [1.54, 1.807) is 69.1 Å². The first-order valence-corrected chi connectivity index (χ1v) is 8.57. The minimum Gasteiger partial charge on any atom is -0.497 e. The van der Waals surface area contributed by atoms with Crippen molar-refractivity contribution in [3.8, 4) is 23.0 Å². The Morgan fingerprint density at radius 3 is 2.50 bits per heavy atom. The van der Waals surface area contributed by atoms with Gasteiger partial charge in [0.25, 0.3) is 0 Å². The largest absolute Gasteiger partial charge is 0.497 e. The molecule has 6 heteroatoms. The first-order valence-electron chi connectivity index (χ1n) is 8.57. The number of rotatable bonds is 7. The average molecular weight is 376 g/mol. The maximum atomic E-state index is 12.3. The summed E-state index contributed by atoms with van der Waals surface area (Å²) in [4.78, 5) is 16.2. The van der Waals surface area contributed by atoms with Crippen LogP contribution in [0.3, 0.4) is 0 Å². The molecule has 1 N–H and O–H groups in total. The lowest BCUT2D eigenvalue weighted by Crippen LogP contribution is -2.07. The molecule has 0 radical (unpaired) electrons. The zero-order valence-corrected chi connectivity index (χ0v) is 15.6. The number of ether oxygens (including phenoxy) is 3. The molecule has 0 aliphatic rings. The quantitative estimate of drug-likeness (QED) is 0.613. The molecule has 28 heavy (non-hydrogen) atoms.